The molecule has 1 aliphatic carbocycles. The summed E-state index contributed by atoms with van der Waals surface area (Å²) in [6.07, 6.45) is 4.51. The molecule has 10 nitrogen and oxygen atoms in total. The van der Waals surface area contributed by atoms with Gasteiger partial charge in [-0.3, -0.25) is 19.4 Å². The standard InChI is InChI=1S/C33H35N3O7S/c1-20(35-31(38)28-16-34-19-44-28)30(23-8-6-22(7-9-23)21-4-5-21)42-26-12-10-24(11-13-26)33(40)43-27-3-2-14-36(17-27)32(39)25-15-29(37)41-18-25/h6-13,16,19-21,25,27,30H,2-5,14-15,17-18H2,1H3,(H,35,38)/t20-,25+,27-,30-/m0/s1. The van der Waals surface area contributed by atoms with Crippen molar-refractivity contribution >= 4 is 35.1 Å². The predicted octanol–water partition coefficient (Wildman–Crippen LogP) is 4.67. The van der Waals surface area contributed by atoms with Crippen LogP contribution in [0.1, 0.15) is 82.2 Å². The normalized spacial score (nSPS) is 21.2. The van der Waals surface area contributed by atoms with Gasteiger partial charge in [-0.15, -0.1) is 11.3 Å². The number of cyclic esters (lactones) is 1. The van der Waals surface area contributed by atoms with E-state index in [9.17, 15) is 19.2 Å². The van der Waals surface area contributed by atoms with Crippen molar-refractivity contribution in [1.82, 2.24) is 15.2 Å². The number of nitrogens with zero attached hydrogens (tertiary/aromatic N) is 2. The van der Waals surface area contributed by atoms with Crippen LogP contribution in [0.25, 0.3) is 0 Å². The molecule has 1 saturated carbocycles. The van der Waals surface area contributed by atoms with Gasteiger partial charge in [-0.25, -0.2) is 4.79 Å². The SMILES string of the molecule is C[C@H](NC(=O)c1cncs1)[C@H](Oc1ccc(C(=O)O[C@H]2CCCN(C(=O)[C@H]3COC(=O)C3)C2)cc1)c1ccc(C2CC2)cc1. The molecule has 230 valence electrons. The number of benzene rings is 2. The lowest BCUT2D eigenvalue weighted by Crippen LogP contribution is -2.46. The summed E-state index contributed by atoms with van der Waals surface area (Å²) < 4.78 is 17.1. The van der Waals surface area contributed by atoms with Crippen molar-refractivity contribution in [3.63, 3.8) is 0 Å². The number of carbonyl (C=O) groups excluding carboxylic acids is 4. The Labute approximate surface area is 259 Å². The van der Waals surface area contributed by atoms with Crippen LogP contribution in [0.3, 0.4) is 0 Å². The first-order valence-electron chi connectivity index (χ1n) is 15.1. The molecule has 3 heterocycles. The summed E-state index contributed by atoms with van der Waals surface area (Å²) in [6, 6.07) is 14.7. The number of aromatic nitrogens is 1. The highest BCUT2D eigenvalue weighted by Crippen LogP contribution is 2.40. The zero-order valence-corrected chi connectivity index (χ0v) is 25.3. The maximum absolute atomic E-state index is 13.0. The summed E-state index contributed by atoms with van der Waals surface area (Å²) in [7, 11) is 0. The van der Waals surface area contributed by atoms with Gasteiger partial charge in [0.25, 0.3) is 5.91 Å². The summed E-state index contributed by atoms with van der Waals surface area (Å²) in [4.78, 5) is 56.2. The van der Waals surface area contributed by atoms with Crippen molar-refractivity contribution < 1.29 is 33.4 Å². The van der Waals surface area contributed by atoms with Crippen LogP contribution in [0.15, 0.2) is 60.2 Å². The molecule has 0 unspecified atom stereocenters. The molecule has 0 radical (unpaired) electrons. The highest BCUT2D eigenvalue weighted by atomic mass is 32.1. The van der Waals surface area contributed by atoms with E-state index in [-0.39, 0.29) is 36.9 Å². The Bertz CT molecular complexity index is 1490. The average Bonchev–Trinajstić information content (AvgIpc) is 3.55. The molecule has 4 atom stereocenters. The molecule has 3 aliphatic rings. The van der Waals surface area contributed by atoms with Crippen molar-refractivity contribution in [3.05, 3.63) is 81.8 Å². The van der Waals surface area contributed by atoms with E-state index in [2.05, 4.69) is 34.6 Å². The molecule has 3 aromatic rings. The van der Waals surface area contributed by atoms with Gasteiger partial charge in [-0.1, -0.05) is 24.3 Å². The lowest BCUT2D eigenvalue weighted by atomic mass is 10.00. The number of piperidine rings is 1. The Morgan fingerprint density at radius 3 is 2.50 bits per heavy atom. The minimum atomic E-state index is -0.482. The van der Waals surface area contributed by atoms with E-state index in [1.807, 2.05) is 6.92 Å². The summed E-state index contributed by atoms with van der Waals surface area (Å²) >= 11 is 1.28. The zero-order valence-electron chi connectivity index (χ0n) is 24.5. The second-order valence-electron chi connectivity index (χ2n) is 11.7. The first kappa shape index (κ1) is 29.8. The van der Waals surface area contributed by atoms with E-state index in [1.165, 1.54) is 29.7 Å². The lowest BCUT2D eigenvalue weighted by Gasteiger charge is -2.33. The van der Waals surface area contributed by atoms with Crippen LogP contribution in [0.5, 0.6) is 5.75 Å². The van der Waals surface area contributed by atoms with E-state index in [0.29, 0.717) is 48.0 Å². The number of ether oxygens (including phenoxy) is 3. The lowest BCUT2D eigenvalue weighted by molar-refractivity contribution is -0.139. The minimum absolute atomic E-state index is 0.0953. The summed E-state index contributed by atoms with van der Waals surface area (Å²) in [5.74, 6) is -0.477. The molecule has 1 aromatic heterocycles. The second kappa shape index (κ2) is 13.2. The summed E-state index contributed by atoms with van der Waals surface area (Å²) in [5, 5.41) is 3.04. The van der Waals surface area contributed by atoms with Crippen LogP contribution < -0.4 is 10.1 Å². The van der Waals surface area contributed by atoms with E-state index in [1.54, 1.807) is 40.9 Å². The van der Waals surface area contributed by atoms with Gasteiger partial charge in [0.2, 0.25) is 5.91 Å². The molecule has 2 amide bonds. The number of rotatable bonds is 10. The van der Waals surface area contributed by atoms with Gasteiger partial charge in [-0.05, 0) is 73.9 Å². The molecule has 11 heteroatoms. The van der Waals surface area contributed by atoms with Gasteiger partial charge >= 0.3 is 11.9 Å². The largest absolute Gasteiger partial charge is 0.484 e. The van der Waals surface area contributed by atoms with Crippen LogP contribution >= 0.6 is 11.3 Å². The Kier molecular flexibility index (Phi) is 8.92. The third-order valence-electron chi connectivity index (χ3n) is 8.31. The average molecular weight is 618 g/mol. The molecule has 1 N–H and O–H groups in total. The molecule has 6 rings (SSSR count). The molecular formula is C33H35N3O7S. The first-order chi connectivity index (χ1) is 21.3. The molecule has 0 spiro atoms. The molecular weight excluding hydrogens is 582 g/mol. The van der Waals surface area contributed by atoms with Crippen LogP contribution in [0.4, 0.5) is 0 Å². The van der Waals surface area contributed by atoms with E-state index < -0.39 is 24.1 Å². The maximum Gasteiger partial charge on any atom is 0.338 e. The monoisotopic (exact) mass is 617 g/mol. The van der Waals surface area contributed by atoms with E-state index >= 15 is 0 Å². The predicted molar refractivity (Wildman–Crippen MR) is 161 cm³/mol. The Hall–Kier alpha value is -4.25. The van der Waals surface area contributed by atoms with Gasteiger partial charge in [0.15, 0.2) is 0 Å². The quantitative estimate of drug-likeness (QED) is 0.326. The molecule has 2 aliphatic heterocycles. The highest BCUT2D eigenvalue weighted by Gasteiger charge is 2.36. The number of esters is 2. The molecule has 0 bridgehead atoms. The van der Waals surface area contributed by atoms with Gasteiger partial charge in [-0.2, -0.15) is 0 Å². The fourth-order valence-corrected chi connectivity index (χ4v) is 6.24. The third-order valence-corrected chi connectivity index (χ3v) is 9.08. The second-order valence-corrected chi connectivity index (χ2v) is 12.6. The van der Waals surface area contributed by atoms with Crippen molar-refractivity contribution in [2.24, 2.45) is 5.92 Å². The van der Waals surface area contributed by atoms with E-state index in [0.717, 1.165) is 5.56 Å². The Morgan fingerprint density at radius 2 is 1.84 bits per heavy atom. The first-order valence-corrected chi connectivity index (χ1v) is 15.9. The van der Waals surface area contributed by atoms with Crippen molar-refractivity contribution in [1.29, 1.82) is 0 Å². The fraction of sp³-hybridized carbons (Fsp3) is 0.424. The van der Waals surface area contributed by atoms with Gasteiger partial charge < -0.3 is 24.4 Å². The Morgan fingerprint density at radius 1 is 1.07 bits per heavy atom. The van der Waals surface area contributed by atoms with Crippen LogP contribution in [-0.2, 0) is 19.1 Å². The highest BCUT2D eigenvalue weighted by molar-refractivity contribution is 7.11. The van der Waals surface area contributed by atoms with Gasteiger partial charge in [0.1, 0.15) is 29.4 Å². The third kappa shape index (κ3) is 7.10. The summed E-state index contributed by atoms with van der Waals surface area (Å²) in [6.45, 7) is 2.87. The zero-order chi connectivity index (χ0) is 30.6. The number of likely N-dealkylation sites (tertiary alicyclic amines) is 1. The minimum Gasteiger partial charge on any atom is -0.484 e. The van der Waals surface area contributed by atoms with Crippen LogP contribution in [-0.4, -0.2) is 65.5 Å². The van der Waals surface area contributed by atoms with Crippen LogP contribution in [0, 0.1) is 5.92 Å². The number of nitrogens with one attached hydrogen (secondary N) is 1. The maximum atomic E-state index is 13.0. The van der Waals surface area contributed by atoms with Gasteiger partial charge in [0.05, 0.1) is 42.2 Å². The number of thiazole rings is 1. The Balaban J connectivity index is 1.09. The van der Waals surface area contributed by atoms with Crippen molar-refractivity contribution in [2.75, 3.05) is 19.7 Å². The molecule has 3 fully saturated rings. The topological polar surface area (TPSA) is 124 Å². The molecule has 2 aromatic carbocycles. The van der Waals surface area contributed by atoms with Crippen LogP contribution in [0.2, 0.25) is 0 Å². The fourth-order valence-electron chi connectivity index (χ4n) is 5.71. The smallest absolute Gasteiger partial charge is 0.338 e. The number of hydrogen-bond acceptors (Lipinski definition) is 9. The summed E-state index contributed by atoms with van der Waals surface area (Å²) in [5.41, 5.74) is 4.23. The van der Waals surface area contributed by atoms with Gasteiger partial charge in [0, 0.05) is 6.54 Å². The molecule has 44 heavy (non-hydrogen) atoms. The number of amides is 2. The number of carbonyl (C=O) groups is 4. The molecule has 2 saturated heterocycles. The van der Waals surface area contributed by atoms with Crippen molar-refractivity contribution in [3.8, 4) is 5.75 Å². The van der Waals surface area contributed by atoms with E-state index in [4.69, 9.17) is 14.2 Å². The number of hydrogen-bond donors (Lipinski definition) is 1. The van der Waals surface area contributed by atoms with Crippen molar-refractivity contribution in [2.45, 2.75) is 63.2 Å².